The second-order valence-corrected chi connectivity index (χ2v) is 11.0. The van der Waals surface area contributed by atoms with Crippen molar-refractivity contribution in [2.75, 3.05) is 24.3 Å². The molecule has 3 aliphatic heterocycles. The second kappa shape index (κ2) is 11.0. The molecule has 3 aliphatic rings. The second-order valence-electron chi connectivity index (χ2n) is 9.07. The van der Waals surface area contributed by atoms with Crippen LogP contribution in [0.1, 0.15) is 36.4 Å². The van der Waals surface area contributed by atoms with E-state index in [1.54, 1.807) is 0 Å². The highest BCUT2D eigenvalue weighted by molar-refractivity contribution is 7.16. The molecule has 3 aromatic rings. The minimum Gasteiger partial charge on any atom is -0.394 e. The van der Waals surface area contributed by atoms with E-state index < -0.39 is 58.4 Å². The first-order valence-electron chi connectivity index (χ1n) is 11.9. The summed E-state index contributed by atoms with van der Waals surface area (Å²) in [5.74, 6) is 0.116. The van der Waals surface area contributed by atoms with Crippen LogP contribution in [0.15, 0.2) is 19.4 Å². The Morgan fingerprint density at radius 3 is 2.08 bits per heavy atom. The zero-order valence-corrected chi connectivity index (χ0v) is 22.0. The molecule has 3 aromatic heterocycles. The number of nitrogens with two attached hydrogens (primary N) is 2. The smallest absolute Gasteiger partial charge is 0.311 e. The molecular formula is C20H26N8O10S2. The van der Waals surface area contributed by atoms with Crippen molar-refractivity contribution in [3.05, 3.63) is 34.6 Å². The van der Waals surface area contributed by atoms with Crippen molar-refractivity contribution >= 4 is 50.7 Å². The Morgan fingerprint density at radius 2 is 1.50 bits per heavy atom. The Labute approximate surface area is 230 Å². The van der Waals surface area contributed by atoms with Crippen LogP contribution < -0.4 is 32.1 Å². The van der Waals surface area contributed by atoms with Gasteiger partial charge in [0.25, 0.3) is 5.56 Å². The highest BCUT2D eigenvalue weighted by atomic mass is 32.1. The summed E-state index contributed by atoms with van der Waals surface area (Å²) in [6.07, 6.45) is -5.68. The summed E-state index contributed by atoms with van der Waals surface area (Å²) < 4.78 is 13.3. The summed E-state index contributed by atoms with van der Waals surface area (Å²) in [5.41, 5.74) is 10.6. The van der Waals surface area contributed by atoms with E-state index >= 15 is 0 Å². The first-order valence-corrected chi connectivity index (χ1v) is 13.5. The van der Waals surface area contributed by atoms with E-state index in [9.17, 15) is 29.7 Å². The van der Waals surface area contributed by atoms with Crippen LogP contribution in [0.5, 0.6) is 0 Å². The molecule has 6 rings (SSSR count). The van der Waals surface area contributed by atoms with E-state index in [2.05, 4.69) is 20.3 Å². The van der Waals surface area contributed by atoms with E-state index in [4.69, 9.17) is 31.2 Å². The Bertz CT molecular complexity index is 1610. The number of aliphatic hydroxyl groups excluding tert-OH is 5. The van der Waals surface area contributed by atoms with E-state index in [-0.39, 0.29) is 54.1 Å². The van der Waals surface area contributed by atoms with Crippen LogP contribution in [0.4, 0.5) is 11.8 Å². The van der Waals surface area contributed by atoms with Crippen LogP contribution in [-0.4, -0.2) is 88.2 Å². The number of guanidine groups is 1. The number of aliphatic hydroxyl groups is 5. The molecule has 0 spiro atoms. The summed E-state index contributed by atoms with van der Waals surface area (Å²) in [7, 11) is 0. The van der Waals surface area contributed by atoms with Crippen LogP contribution in [0, 0.1) is 0 Å². The van der Waals surface area contributed by atoms with Crippen LogP contribution in [-0.2, 0) is 9.47 Å². The van der Waals surface area contributed by atoms with Gasteiger partial charge in [-0.3, -0.25) is 28.5 Å². The summed E-state index contributed by atoms with van der Waals surface area (Å²) in [6, 6.07) is 0. The summed E-state index contributed by atoms with van der Waals surface area (Å²) in [6.45, 7) is -0.505. The molecule has 40 heavy (non-hydrogen) atoms. The van der Waals surface area contributed by atoms with Crippen molar-refractivity contribution in [1.29, 1.82) is 0 Å². The molecule has 0 bridgehead atoms. The molecule has 0 saturated carbocycles. The van der Waals surface area contributed by atoms with Gasteiger partial charge < -0.3 is 51.8 Å². The Balaban J connectivity index is 0.000000161. The molecule has 1 unspecified atom stereocenters. The number of aromatic amines is 1. The molecule has 6 heterocycles. The number of thiazole rings is 2. The number of fused-ring (bicyclic) bond motifs is 2. The van der Waals surface area contributed by atoms with Gasteiger partial charge in [-0.2, -0.15) is 4.98 Å². The average molecular weight is 603 g/mol. The summed E-state index contributed by atoms with van der Waals surface area (Å²) in [5, 5.41) is 50.5. The Morgan fingerprint density at radius 1 is 0.925 bits per heavy atom. The van der Waals surface area contributed by atoms with Gasteiger partial charge in [0.1, 0.15) is 27.6 Å². The van der Waals surface area contributed by atoms with E-state index in [1.807, 2.05) is 0 Å². The highest BCUT2D eigenvalue weighted by Gasteiger charge is 2.40. The Kier molecular flexibility index (Phi) is 7.78. The topological polar surface area (TPSA) is 286 Å². The number of hydrogen-bond donors (Lipinski definition) is 9. The molecule has 18 nitrogen and oxygen atoms in total. The standard InChI is InChI=1S/C10H14N4O5S.C10H12N4O5S/c2*11-9-12-6-5(7(17)13-9)20-10(18)14(6)8-4(16)1-3(2-15)19-8/h3-4,7-8,15-17H,1-2H2,(H3,11,12,13);3-4,8,15-16H,1-2H2,(H3,11,12,13,17)/t3-,4+,7?,8+;3-,4+,8+/m00/s1. The minimum absolute atomic E-state index is 0.0252. The summed E-state index contributed by atoms with van der Waals surface area (Å²) >= 11 is 1.51. The first kappa shape index (κ1) is 28.3. The molecule has 2 saturated heterocycles. The molecule has 0 amide bonds. The van der Waals surface area contributed by atoms with Gasteiger partial charge in [0.05, 0.1) is 25.4 Å². The lowest BCUT2D eigenvalue weighted by Gasteiger charge is -2.22. The molecule has 0 aromatic carbocycles. The maximum Gasteiger partial charge on any atom is 0.311 e. The molecular weight excluding hydrogens is 576 g/mol. The van der Waals surface area contributed by atoms with Gasteiger partial charge in [-0.15, -0.1) is 0 Å². The number of hydrogen-bond acceptors (Lipinski definition) is 17. The zero-order valence-electron chi connectivity index (χ0n) is 20.4. The van der Waals surface area contributed by atoms with Gasteiger partial charge in [-0.25, -0.2) is 4.99 Å². The highest BCUT2D eigenvalue weighted by Crippen LogP contribution is 2.36. The third kappa shape index (κ3) is 5.04. The predicted octanol–water partition coefficient (Wildman–Crippen LogP) is -3.35. The van der Waals surface area contributed by atoms with Crippen molar-refractivity contribution in [1.82, 2.24) is 19.1 Å². The molecule has 2 fully saturated rings. The van der Waals surface area contributed by atoms with E-state index in [0.717, 1.165) is 15.9 Å². The number of aliphatic imine (C=N–C) groups is 1. The SMILES string of the molecule is NC1=NC(O)c2sc(=O)n([C@@H]3O[C@H](CO)C[C@H]3O)c2N1.Nc1nc2c(sc(=O)n2[C@@H]2O[C@H](CO)C[C@H]2O)c(=O)[nH]1. The first-order chi connectivity index (χ1) is 19.0. The maximum atomic E-state index is 12.1. The van der Waals surface area contributed by atoms with Gasteiger partial charge in [-0.05, 0) is 0 Å². The van der Waals surface area contributed by atoms with Gasteiger partial charge in [0.2, 0.25) is 5.95 Å². The normalized spacial score (nSPS) is 29.5. The number of nitrogen functional groups attached to an aromatic ring is 1. The lowest BCUT2D eigenvalue weighted by atomic mass is 10.2. The lowest BCUT2D eigenvalue weighted by molar-refractivity contribution is -0.0505. The van der Waals surface area contributed by atoms with Gasteiger partial charge in [0.15, 0.2) is 30.3 Å². The van der Waals surface area contributed by atoms with Crippen LogP contribution in [0.25, 0.3) is 10.3 Å². The Hall–Kier alpha value is -3.21. The van der Waals surface area contributed by atoms with Gasteiger partial charge in [-0.1, -0.05) is 22.7 Å². The van der Waals surface area contributed by atoms with Crippen LogP contribution in [0.2, 0.25) is 0 Å². The summed E-state index contributed by atoms with van der Waals surface area (Å²) in [4.78, 5) is 45.2. The fourth-order valence-electron chi connectivity index (χ4n) is 4.60. The minimum atomic E-state index is -1.21. The van der Waals surface area contributed by atoms with E-state index in [1.165, 1.54) is 4.57 Å². The molecule has 20 heteroatoms. The van der Waals surface area contributed by atoms with Crippen LogP contribution >= 0.6 is 22.7 Å². The largest absolute Gasteiger partial charge is 0.394 e. The number of rotatable bonds is 4. The number of anilines is 2. The van der Waals surface area contributed by atoms with E-state index in [0.29, 0.717) is 16.2 Å². The number of aromatic nitrogens is 4. The van der Waals surface area contributed by atoms with Gasteiger partial charge >= 0.3 is 9.75 Å². The number of H-pyrrole nitrogens is 1. The maximum absolute atomic E-state index is 12.1. The monoisotopic (exact) mass is 602 g/mol. The average Bonchev–Trinajstić information content (AvgIpc) is 3.62. The number of nitrogens with zero attached hydrogens (tertiary/aromatic N) is 4. The predicted molar refractivity (Wildman–Crippen MR) is 141 cm³/mol. The third-order valence-corrected chi connectivity index (χ3v) is 8.29. The molecule has 218 valence electrons. The van der Waals surface area contributed by atoms with Crippen molar-refractivity contribution < 1.29 is 35.0 Å². The van der Waals surface area contributed by atoms with Crippen LogP contribution in [0.3, 0.4) is 0 Å². The van der Waals surface area contributed by atoms with Crippen molar-refractivity contribution in [2.24, 2.45) is 10.7 Å². The van der Waals surface area contributed by atoms with Crippen molar-refractivity contribution in [2.45, 2.75) is 55.9 Å². The molecule has 11 N–H and O–H groups in total. The molecule has 7 atom stereocenters. The fourth-order valence-corrected chi connectivity index (χ4v) is 6.33. The molecule has 0 radical (unpaired) electrons. The number of nitrogens with one attached hydrogen (secondary N) is 2. The lowest BCUT2D eigenvalue weighted by Crippen LogP contribution is -2.33. The van der Waals surface area contributed by atoms with Crippen molar-refractivity contribution in [3.63, 3.8) is 0 Å². The zero-order chi connectivity index (χ0) is 28.9. The van der Waals surface area contributed by atoms with Gasteiger partial charge in [0, 0.05) is 12.8 Å². The quantitative estimate of drug-likeness (QED) is 0.141. The third-order valence-electron chi connectivity index (χ3n) is 6.35. The van der Waals surface area contributed by atoms with Crippen molar-refractivity contribution in [3.8, 4) is 0 Å². The molecule has 0 aliphatic carbocycles. The number of ether oxygens (including phenoxy) is 2. The fraction of sp³-hybridized carbons (Fsp3) is 0.550.